The summed E-state index contributed by atoms with van der Waals surface area (Å²) in [5.41, 5.74) is 1.35. The average Bonchev–Trinajstić information content (AvgIpc) is 2.88. The summed E-state index contributed by atoms with van der Waals surface area (Å²) < 4.78 is 5.05. The first-order valence-electron chi connectivity index (χ1n) is 6.80. The minimum atomic E-state index is -0.141. The topological polar surface area (TPSA) is 38.3 Å². The largest absolute Gasteiger partial charge is 0.465 e. The summed E-state index contributed by atoms with van der Waals surface area (Å²) in [6.07, 6.45) is 1.03. The van der Waals surface area contributed by atoms with E-state index in [4.69, 9.17) is 4.74 Å². The van der Waals surface area contributed by atoms with Gasteiger partial charge >= 0.3 is 5.97 Å². The molecule has 3 atom stereocenters. The molecule has 0 amide bonds. The highest BCUT2D eigenvalue weighted by Gasteiger charge is 2.31. The van der Waals surface area contributed by atoms with E-state index < -0.39 is 0 Å². The van der Waals surface area contributed by atoms with E-state index >= 15 is 0 Å². The van der Waals surface area contributed by atoms with Crippen molar-refractivity contribution in [2.75, 3.05) is 12.4 Å². The van der Waals surface area contributed by atoms with Gasteiger partial charge in [-0.25, -0.2) is 0 Å². The van der Waals surface area contributed by atoms with Crippen LogP contribution in [0, 0.1) is 0 Å². The zero-order valence-electron chi connectivity index (χ0n) is 11.5. The van der Waals surface area contributed by atoms with Crippen LogP contribution in [0.25, 0.3) is 0 Å². The van der Waals surface area contributed by atoms with Gasteiger partial charge in [-0.2, -0.15) is 0 Å². The molecule has 104 valence electrons. The number of nitrogens with one attached hydrogen (secondary N) is 1. The molecule has 0 radical (unpaired) electrons. The van der Waals surface area contributed by atoms with Crippen molar-refractivity contribution in [1.29, 1.82) is 0 Å². The number of benzene rings is 1. The molecular formula is C15H21NO2S. The van der Waals surface area contributed by atoms with Crippen LogP contribution in [0.15, 0.2) is 30.3 Å². The Morgan fingerprint density at radius 1 is 1.47 bits per heavy atom. The zero-order valence-corrected chi connectivity index (χ0v) is 12.3. The molecule has 0 saturated carbocycles. The summed E-state index contributed by atoms with van der Waals surface area (Å²) in [5, 5.41) is 3.70. The van der Waals surface area contributed by atoms with Crippen molar-refractivity contribution >= 4 is 17.7 Å². The fourth-order valence-electron chi connectivity index (χ4n) is 2.29. The molecule has 1 aliphatic heterocycles. The van der Waals surface area contributed by atoms with Crippen LogP contribution in [-0.2, 0) is 9.53 Å². The fraction of sp³-hybridized carbons (Fsp3) is 0.533. The summed E-state index contributed by atoms with van der Waals surface area (Å²) in [4.78, 5) is 11.6. The quantitative estimate of drug-likeness (QED) is 0.841. The number of esters is 1. The van der Waals surface area contributed by atoms with Crippen molar-refractivity contribution < 1.29 is 9.53 Å². The number of hydrogen-bond donors (Lipinski definition) is 1. The molecule has 2 rings (SSSR count). The van der Waals surface area contributed by atoms with Crippen LogP contribution in [0.5, 0.6) is 0 Å². The summed E-state index contributed by atoms with van der Waals surface area (Å²) in [7, 11) is 0. The fourth-order valence-corrected chi connectivity index (χ4v) is 3.63. The van der Waals surface area contributed by atoms with Crippen molar-refractivity contribution in [1.82, 2.24) is 5.32 Å². The predicted octanol–water partition coefficient (Wildman–Crippen LogP) is 2.77. The van der Waals surface area contributed by atoms with Gasteiger partial charge in [0.2, 0.25) is 0 Å². The molecule has 1 saturated heterocycles. The highest BCUT2D eigenvalue weighted by molar-refractivity contribution is 8.00. The van der Waals surface area contributed by atoms with Gasteiger partial charge in [0.25, 0.3) is 0 Å². The molecule has 1 aliphatic rings. The first-order valence-corrected chi connectivity index (χ1v) is 7.84. The Labute approximate surface area is 119 Å². The van der Waals surface area contributed by atoms with E-state index in [9.17, 15) is 4.79 Å². The van der Waals surface area contributed by atoms with Crippen molar-refractivity contribution in [2.24, 2.45) is 0 Å². The second kappa shape index (κ2) is 6.96. The molecule has 1 heterocycles. The van der Waals surface area contributed by atoms with Crippen LogP contribution >= 0.6 is 11.8 Å². The van der Waals surface area contributed by atoms with Gasteiger partial charge < -0.3 is 4.74 Å². The van der Waals surface area contributed by atoms with Crippen LogP contribution in [-0.4, -0.2) is 29.7 Å². The van der Waals surface area contributed by atoms with E-state index in [-0.39, 0.29) is 12.0 Å². The average molecular weight is 279 g/mol. The van der Waals surface area contributed by atoms with Gasteiger partial charge in [-0.1, -0.05) is 37.3 Å². The molecule has 3 unspecified atom stereocenters. The lowest BCUT2D eigenvalue weighted by Gasteiger charge is -2.17. The lowest BCUT2D eigenvalue weighted by molar-refractivity contribution is -0.144. The Hall–Kier alpha value is -1.00. The smallest absolute Gasteiger partial charge is 0.324 e. The normalized spacial score (nSPS) is 24.1. The molecule has 1 aromatic carbocycles. The lowest BCUT2D eigenvalue weighted by atomic mass is 9.98. The van der Waals surface area contributed by atoms with Crippen LogP contribution in [0.2, 0.25) is 0 Å². The number of carbonyl (C=O) groups excluding carboxylic acids is 1. The maximum absolute atomic E-state index is 11.6. The van der Waals surface area contributed by atoms with Gasteiger partial charge in [-0.3, -0.25) is 10.1 Å². The number of hydrogen-bond acceptors (Lipinski definition) is 4. The predicted molar refractivity (Wildman–Crippen MR) is 79.3 cm³/mol. The molecule has 0 aromatic heterocycles. The van der Waals surface area contributed by atoms with Gasteiger partial charge in [0.1, 0.15) is 6.04 Å². The molecule has 19 heavy (non-hydrogen) atoms. The molecule has 0 bridgehead atoms. The molecule has 1 N–H and O–H groups in total. The number of thioether (sulfide) groups is 1. The maximum Gasteiger partial charge on any atom is 0.324 e. The number of carbonyl (C=O) groups is 1. The van der Waals surface area contributed by atoms with Gasteiger partial charge in [0.15, 0.2) is 0 Å². The van der Waals surface area contributed by atoms with Gasteiger partial charge in [-0.05, 0) is 24.8 Å². The Bertz CT molecular complexity index is 410. The Kier molecular flexibility index (Phi) is 5.28. The van der Waals surface area contributed by atoms with Crippen LogP contribution in [0.3, 0.4) is 0 Å². The molecule has 4 heteroatoms. The first-order chi connectivity index (χ1) is 9.20. The molecule has 0 aliphatic carbocycles. The molecule has 1 aromatic rings. The third-order valence-corrected chi connectivity index (χ3v) is 4.62. The minimum absolute atomic E-state index is 0.120. The summed E-state index contributed by atoms with van der Waals surface area (Å²) in [6, 6.07) is 10.4. The summed E-state index contributed by atoms with van der Waals surface area (Å²) in [6.45, 7) is 4.52. The van der Waals surface area contributed by atoms with E-state index in [0.717, 1.165) is 12.2 Å². The monoisotopic (exact) mass is 279 g/mol. The first kappa shape index (κ1) is 14.4. The van der Waals surface area contributed by atoms with Gasteiger partial charge in [0, 0.05) is 5.75 Å². The van der Waals surface area contributed by atoms with Crippen molar-refractivity contribution in [3.63, 3.8) is 0 Å². The number of rotatable bonds is 5. The minimum Gasteiger partial charge on any atom is -0.465 e. The Morgan fingerprint density at radius 3 is 2.89 bits per heavy atom. The second-order valence-electron chi connectivity index (χ2n) is 4.84. The zero-order chi connectivity index (χ0) is 13.7. The van der Waals surface area contributed by atoms with E-state index in [1.165, 1.54) is 5.56 Å². The Morgan fingerprint density at radius 2 is 2.21 bits per heavy atom. The van der Waals surface area contributed by atoms with E-state index in [0.29, 0.717) is 17.9 Å². The highest BCUT2D eigenvalue weighted by Crippen LogP contribution is 2.29. The third-order valence-electron chi connectivity index (χ3n) is 3.36. The van der Waals surface area contributed by atoms with Crippen LogP contribution in [0.4, 0.5) is 0 Å². The SMILES string of the molecule is CCOC(=O)C1CSC(CC(C)c2ccccc2)N1. The standard InChI is InChI=1S/C15H21NO2S/c1-3-18-15(17)13-10-19-14(16-13)9-11(2)12-7-5-4-6-8-12/h4-8,11,13-14,16H,3,9-10H2,1-2H3. The Balaban J connectivity index is 1.83. The molecule has 0 spiro atoms. The van der Waals surface area contributed by atoms with Gasteiger partial charge in [-0.15, -0.1) is 11.8 Å². The van der Waals surface area contributed by atoms with E-state index in [1.807, 2.05) is 24.8 Å². The van der Waals surface area contributed by atoms with Crippen molar-refractivity contribution in [2.45, 2.75) is 37.6 Å². The van der Waals surface area contributed by atoms with E-state index in [2.05, 4.69) is 36.5 Å². The highest BCUT2D eigenvalue weighted by atomic mass is 32.2. The van der Waals surface area contributed by atoms with Crippen molar-refractivity contribution in [3.05, 3.63) is 35.9 Å². The lowest BCUT2D eigenvalue weighted by Crippen LogP contribution is -2.38. The van der Waals surface area contributed by atoms with Crippen LogP contribution in [0.1, 0.15) is 31.7 Å². The summed E-state index contributed by atoms with van der Waals surface area (Å²) in [5.74, 6) is 1.18. The second-order valence-corrected chi connectivity index (χ2v) is 6.08. The summed E-state index contributed by atoms with van der Waals surface area (Å²) >= 11 is 1.82. The number of ether oxygens (including phenoxy) is 1. The van der Waals surface area contributed by atoms with Crippen LogP contribution < -0.4 is 5.32 Å². The van der Waals surface area contributed by atoms with E-state index in [1.54, 1.807) is 0 Å². The molecule has 1 fully saturated rings. The third kappa shape index (κ3) is 3.98. The molecular weight excluding hydrogens is 258 g/mol. The molecule has 3 nitrogen and oxygen atoms in total. The van der Waals surface area contributed by atoms with Gasteiger partial charge in [0.05, 0.1) is 12.0 Å². The van der Waals surface area contributed by atoms with Crippen molar-refractivity contribution in [3.8, 4) is 0 Å². The maximum atomic E-state index is 11.6.